The molecule has 15 rings (SSSR count). The summed E-state index contributed by atoms with van der Waals surface area (Å²) < 4.78 is 75.0. The molecule has 0 radical (unpaired) electrons. The molecule has 0 spiro atoms. The molecule has 100 heavy (non-hydrogen) atoms. The maximum Gasteiger partial charge on any atom is 0.276 e. The zero-order valence-corrected chi connectivity index (χ0v) is 55.0. The number of nitrogens with zero attached hydrogens (tertiary/aromatic N) is 14. The summed E-state index contributed by atoms with van der Waals surface area (Å²) in [6.45, 7) is 1.42. The van der Waals surface area contributed by atoms with Crippen molar-refractivity contribution in [2.75, 3.05) is 10.6 Å². The molecule has 12 aromatic heterocycles. The van der Waals surface area contributed by atoms with Crippen LogP contribution in [0.3, 0.4) is 0 Å². The molecule has 0 fully saturated rings. The maximum atomic E-state index is 12.6. The van der Waals surface area contributed by atoms with Gasteiger partial charge in [0.25, 0.3) is 5.56 Å². The van der Waals surface area contributed by atoms with Crippen molar-refractivity contribution in [3.05, 3.63) is 284 Å². The van der Waals surface area contributed by atoms with E-state index in [4.69, 9.17) is 31.1 Å². The number of nitrogens with two attached hydrogens (primary N) is 4. The van der Waals surface area contributed by atoms with Gasteiger partial charge >= 0.3 is 0 Å². The number of hydrogen-bond acceptors (Lipinski definition) is 21. The molecule has 0 saturated carbocycles. The first kappa shape index (κ1) is 67.5. The van der Waals surface area contributed by atoms with Gasteiger partial charge in [-0.25, -0.2) is 64.2 Å². The van der Waals surface area contributed by atoms with E-state index in [1.54, 1.807) is 39.9 Å². The number of fused-ring (bicyclic) bond motifs is 3. The summed E-state index contributed by atoms with van der Waals surface area (Å²) >= 11 is 0. The number of aromatic amines is 1. The Morgan fingerprint density at radius 3 is 1.10 bits per heavy atom. The van der Waals surface area contributed by atoms with Crippen LogP contribution in [0.25, 0.3) is 84.1 Å². The largest absolute Gasteiger partial charge is 0.363 e. The lowest BCUT2D eigenvalue weighted by molar-refractivity contribution is 0.595. The second kappa shape index (κ2) is 29.9. The van der Waals surface area contributed by atoms with E-state index in [2.05, 4.69) is 60.8 Å². The Kier molecular flexibility index (Phi) is 20.2. The van der Waals surface area contributed by atoms with Gasteiger partial charge in [0, 0.05) is 114 Å². The third-order valence-corrected chi connectivity index (χ3v) is 17.6. The Balaban J connectivity index is 0.000000135. The van der Waals surface area contributed by atoms with Crippen LogP contribution in [0.15, 0.2) is 276 Å². The predicted octanol–water partition coefficient (Wildman–Crippen LogP) is 8.16. The highest BCUT2D eigenvalue weighted by molar-refractivity contribution is 7.89. The third-order valence-electron chi connectivity index (χ3n) is 15.0. The lowest BCUT2D eigenvalue weighted by Gasteiger charge is -2.12. The van der Waals surface area contributed by atoms with Crippen LogP contribution in [-0.4, -0.2) is 99.0 Å². The molecule has 11 N–H and O–H groups in total. The summed E-state index contributed by atoms with van der Waals surface area (Å²) in [5.74, 6) is 1.96. The number of H-pyrrole nitrogens is 1. The quantitative estimate of drug-likeness (QED) is 0.0479. The molecule has 3 aromatic carbocycles. The number of benzene rings is 3. The van der Waals surface area contributed by atoms with Gasteiger partial charge in [-0.15, -0.1) is 15.3 Å². The summed E-state index contributed by atoms with van der Waals surface area (Å²) in [4.78, 5) is 48.9. The minimum Gasteiger partial charge on any atom is -0.363 e. The minimum atomic E-state index is -3.91. The molecule has 0 atom stereocenters. The molecule has 0 aliphatic carbocycles. The van der Waals surface area contributed by atoms with E-state index in [1.165, 1.54) is 53.7 Å². The summed E-state index contributed by atoms with van der Waals surface area (Å²) in [5, 5.41) is 36.0. The van der Waals surface area contributed by atoms with E-state index in [0.717, 1.165) is 67.7 Å². The second-order valence-electron chi connectivity index (χ2n) is 21.8. The lowest BCUT2D eigenvalue weighted by atomic mass is 10.1. The Morgan fingerprint density at radius 2 is 0.740 bits per heavy atom. The van der Waals surface area contributed by atoms with Gasteiger partial charge in [0.05, 0.1) is 30.2 Å². The number of nitrogens with one attached hydrogen (secondary N) is 3. The van der Waals surface area contributed by atoms with E-state index in [9.17, 15) is 30.0 Å². The summed E-state index contributed by atoms with van der Waals surface area (Å²) in [6, 6.07) is 56.3. The first-order valence-corrected chi connectivity index (χ1v) is 34.9. The SMILES string of the molecule is NCc1ccccn1.NS(=O)(=O)c1cncc(-c2nc(NCc3ccccn3)c3c(-c4ccccc4)ccn3n2)c1.NS(=O)(=O)c1cncc(-c2nc(NCc3ccccn3)c3c(-c4ccccc4)ccn3n2)c1.NS(=O)(=O)c1cncc(-c2nn3ccc(-c4ccccc4)c3c(=O)[nH]2)c1. The van der Waals surface area contributed by atoms with E-state index >= 15 is 0 Å². The predicted molar refractivity (Wildman–Crippen MR) is 377 cm³/mol. The number of primary sulfonamides is 3. The van der Waals surface area contributed by atoms with Gasteiger partial charge in [-0.05, 0) is 89.5 Å². The smallest absolute Gasteiger partial charge is 0.276 e. The average Bonchev–Trinajstić information content (AvgIpc) is 1.53. The fourth-order valence-electron chi connectivity index (χ4n) is 10.2. The molecular weight excluding hydrogens is 1330 g/mol. The highest BCUT2D eigenvalue weighted by Gasteiger charge is 2.21. The fourth-order valence-corrected chi connectivity index (χ4v) is 11.7. The van der Waals surface area contributed by atoms with E-state index in [1.807, 2.05) is 170 Å². The van der Waals surface area contributed by atoms with Crippen LogP contribution < -0.4 is 37.3 Å². The number of hydrogen-bond donors (Lipinski definition) is 7. The molecule has 0 saturated heterocycles. The topological polar surface area (TPSA) is 418 Å². The van der Waals surface area contributed by atoms with Gasteiger partial charge in [0.15, 0.2) is 29.1 Å². The van der Waals surface area contributed by atoms with Crippen molar-refractivity contribution in [1.29, 1.82) is 0 Å². The number of pyridine rings is 6. The Bertz CT molecular complexity index is 5550. The Labute approximate surface area is 571 Å². The minimum absolute atomic E-state index is 0.107. The molecule has 0 aliphatic rings. The van der Waals surface area contributed by atoms with Crippen molar-refractivity contribution in [3.8, 4) is 67.5 Å². The maximum absolute atomic E-state index is 12.6. The summed E-state index contributed by atoms with van der Waals surface area (Å²) in [7, 11) is -11.7. The van der Waals surface area contributed by atoms with Gasteiger partial charge in [-0.2, -0.15) is 0 Å². The number of anilines is 2. The zero-order valence-electron chi connectivity index (χ0n) is 52.5. The highest BCUT2D eigenvalue weighted by Crippen LogP contribution is 2.34. The molecule has 0 bridgehead atoms. The molecule has 0 aliphatic heterocycles. The van der Waals surface area contributed by atoms with Crippen LogP contribution >= 0.6 is 0 Å². The molecule has 31 heteroatoms. The van der Waals surface area contributed by atoms with Crippen molar-refractivity contribution < 1.29 is 25.3 Å². The molecule has 15 aromatic rings. The standard InChI is InChI=1S/2C23H19N7O2S.C17H13N5O3S.C6H8N2/c2*24-33(31,32)19-12-17(13-25-15-19)22-28-23(27-14-18-8-4-5-10-26-18)21-20(9-11-30(21)29-22)16-6-2-1-3-7-16;18-26(24,25)13-8-12(9-19-10-13)16-20-17(23)15-14(6-7-22(15)21-16)11-4-2-1-3-5-11;7-5-6-3-1-2-4-8-6/h2*1-13,15H,14H2,(H2,24,31,32)(H,27,28,29);1-10H,(H2,18,24,25)(H,20,21,23);1-4H,5,7H2. The van der Waals surface area contributed by atoms with Crippen LogP contribution in [0.4, 0.5) is 11.6 Å². The fraction of sp³-hybridized carbons (Fsp3) is 0.0435. The van der Waals surface area contributed by atoms with Crippen LogP contribution in [0.2, 0.25) is 0 Å². The lowest BCUT2D eigenvalue weighted by Crippen LogP contribution is -2.15. The van der Waals surface area contributed by atoms with Crippen molar-refractivity contribution >= 4 is 58.3 Å². The van der Waals surface area contributed by atoms with Gasteiger partial charge in [0.1, 0.15) is 31.2 Å². The Hall–Kier alpha value is -12.5. The van der Waals surface area contributed by atoms with Crippen LogP contribution in [0, 0.1) is 0 Å². The molecule has 500 valence electrons. The first-order chi connectivity index (χ1) is 48.3. The van der Waals surface area contributed by atoms with Crippen LogP contribution in [-0.2, 0) is 49.7 Å². The monoisotopic (exact) mass is 1390 g/mol. The van der Waals surface area contributed by atoms with Crippen molar-refractivity contribution in [2.24, 2.45) is 21.2 Å². The zero-order chi connectivity index (χ0) is 69.8. The third kappa shape index (κ3) is 16.1. The normalized spacial score (nSPS) is 11.4. The van der Waals surface area contributed by atoms with Crippen molar-refractivity contribution in [1.82, 2.24) is 73.7 Å². The van der Waals surface area contributed by atoms with Crippen LogP contribution in [0.5, 0.6) is 0 Å². The van der Waals surface area contributed by atoms with Gasteiger partial charge in [-0.3, -0.25) is 34.7 Å². The van der Waals surface area contributed by atoms with Crippen molar-refractivity contribution in [3.63, 3.8) is 0 Å². The second-order valence-corrected chi connectivity index (χ2v) is 26.5. The summed E-state index contributed by atoms with van der Waals surface area (Å²) in [6.07, 6.45) is 18.5. The van der Waals surface area contributed by atoms with E-state index < -0.39 is 30.1 Å². The summed E-state index contributed by atoms with van der Waals surface area (Å²) in [5.41, 5.74) is 16.4. The van der Waals surface area contributed by atoms with E-state index in [0.29, 0.717) is 65.1 Å². The van der Waals surface area contributed by atoms with Crippen LogP contribution in [0.1, 0.15) is 17.1 Å². The first-order valence-electron chi connectivity index (χ1n) is 30.2. The van der Waals surface area contributed by atoms with Gasteiger partial charge < -0.3 is 21.4 Å². The molecule has 12 heterocycles. The number of rotatable bonds is 16. The van der Waals surface area contributed by atoms with Gasteiger partial charge in [0.2, 0.25) is 30.1 Å². The molecule has 28 nitrogen and oxygen atoms in total. The number of aromatic nitrogens is 15. The average molecular weight is 1390 g/mol. The molecule has 0 amide bonds. The number of sulfonamides is 3. The highest BCUT2D eigenvalue weighted by atomic mass is 32.2. The molecule has 0 unspecified atom stereocenters. The van der Waals surface area contributed by atoms with Crippen molar-refractivity contribution in [2.45, 2.75) is 34.3 Å². The molecular formula is C69H59N21O7S3. The Morgan fingerprint density at radius 1 is 0.390 bits per heavy atom. The van der Waals surface area contributed by atoms with E-state index in [-0.39, 0.29) is 26.1 Å². The van der Waals surface area contributed by atoms with Gasteiger partial charge in [-0.1, -0.05) is 109 Å².